The number of nitriles is 1. The van der Waals surface area contributed by atoms with Crippen LogP contribution in [0.2, 0.25) is 10.0 Å². The molecule has 1 fully saturated rings. The van der Waals surface area contributed by atoms with Crippen LogP contribution < -0.4 is 14.8 Å². The van der Waals surface area contributed by atoms with Crippen LogP contribution in [0.1, 0.15) is 24.0 Å². The number of nitrogens with zero attached hydrogens (tertiary/aromatic N) is 1. The van der Waals surface area contributed by atoms with E-state index in [1.54, 1.807) is 30.3 Å². The van der Waals surface area contributed by atoms with Gasteiger partial charge in [-0.25, -0.2) is 0 Å². The number of ether oxygens (including phenoxy) is 3. The molecule has 2 aromatic carbocycles. The molecule has 3 rings (SSSR count). The van der Waals surface area contributed by atoms with Crippen molar-refractivity contribution in [3.8, 4) is 17.6 Å². The number of carbonyl (C=O) groups is 1. The summed E-state index contributed by atoms with van der Waals surface area (Å²) in [5.41, 5.74) is 1.50. The molecule has 1 aliphatic heterocycles. The molecule has 6 nitrogen and oxygen atoms in total. The summed E-state index contributed by atoms with van der Waals surface area (Å²) in [4.78, 5) is 12.3. The fourth-order valence-corrected chi connectivity index (χ4v) is 3.43. The molecule has 8 heteroatoms. The van der Waals surface area contributed by atoms with Gasteiger partial charge in [-0.15, -0.1) is 0 Å². The van der Waals surface area contributed by atoms with E-state index in [9.17, 15) is 10.1 Å². The van der Waals surface area contributed by atoms with E-state index in [4.69, 9.17) is 37.4 Å². The van der Waals surface area contributed by atoms with Crippen molar-refractivity contribution in [1.82, 2.24) is 5.32 Å². The lowest BCUT2D eigenvalue weighted by atomic mass is 10.1. The van der Waals surface area contributed by atoms with Gasteiger partial charge >= 0.3 is 0 Å². The van der Waals surface area contributed by atoms with Gasteiger partial charge < -0.3 is 19.5 Å². The van der Waals surface area contributed by atoms with E-state index in [1.165, 1.54) is 13.2 Å². The Hall–Kier alpha value is -2.72. The van der Waals surface area contributed by atoms with Crippen LogP contribution in [-0.4, -0.2) is 32.3 Å². The van der Waals surface area contributed by atoms with Crippen LogP contribution >= 0.6 is 23.2 Å². The van der Waals surface area contributed by atoms with Crippen molar-refractivity contribution in [2.45, 2.75) is 25.6 Å². The first-order chi connectivity index (χ1) is 15.0. The van der Waals surface area contributed by atoms with Gasteiger partial charge in [-0.05, 0) is 54.3 Å². The van der Waals surface area contributed by atoms with Crippen LogP contribution in [0.4, 0.5) is 0 Å². The van der Waals surface area contributed by atoms with Gasteiger partial charge in [0.25, 0.3) is 5.91 Å². The fraction of sp³-hybridized carbons (Fsp3) is 0.304. The van der Waals surface area contributed by atoms with Crippen molar-refractivity contribution < 1.29 is 19.0 Å². The second kappa shape index (κ2) is 11.1. The van der Waals surface area contributed by atoms with Crippen molar-refractivity contribution in [1.29, 1.82) is 5.26 Å². The standard InChI is InChI=1S/C23H22Cl2N2O4/c1-29-22-11-15(9-17(12-26)23(28)27-13-18-3-2-8-30-18)5-7-21(22)31-14-16-4-6-19(24)20(25)10-16/h4-7,9-11,18H,2-3,8,13-14H2,1H3,(H,27,28)/b17-9+/t18-/m0/s1. The summed E-state index contributed by atoms with van der Waals surface area (Å²) in [6, 6.07) is 12.4. The van der Waals surface area contributed by atoms with Gasteiger partial charge in [0.2, 0.25) is 0 Å². The van der Waals surface area contributed by atoms with E-state index in [0.29, 0.717) is 40.3 Å². The summed E-state index contributed by atoms with van der Waals surface area (Å²) in [6.45, 7) is 1.38. The maximum Gasteiger partial charge on any atom is 0.262 e. The molecule has 1 aliphatic rings. The maximum atomic E-state index is 12.3. The Balaban J connectivity index is 1.67. The zero-order valence-corrected chi connectivity index (χ0v) is 18.5. The normalized spacial score (nSPS) is 15.9. The highest BCUT2D eigenvalue weighted by Crippen LogP contribution is 2.30. The molecule has 1 amide bonds. The van der Waals surface area contributed by atoms with E-state index in [2.05, 4.69) is 5.32 Å². The van der Waals surface area contributed by atoms with E-state index in [1.807, 2.05) is 12.1 Å². The lowest BCUT2D eigenvalue weighted by molar-refractivity contribution is -0.117. The van der Waals surface area contributed by atoms with Crippen LogP contribution in [0, 0.1) is 11.3 Å². The van der Waals surface area contributed by atoms with Gasteiger partial charge in [0.1, 0.15) is 18.2 Å². The molecule has 0 spiro atoms. The molecule has 1 N–H and O–H groups in total. The van der Waals surface area contributed by atoms with E-state index in [0.717, 1.165) is 18.4 Å². The lowest BCUT2D eigenvalue weighted by Crippen LogP contribution is -2.32. The minimum Gasteiger partial charge on any atom is -0.493 e. The molecule has 1 atom stereocenters. The Labute approximate surface area is 191 Å². The number of halogens is 2. The number of amides is 1. The number of rotatable bonds is 8. The molecule has 31 heavy (non-hydrogen) atoms. The Morgan fingerprint density at radius 3 is 2.77 bits per heavy atom. The maximum absolute atomic E-state index is 12.3. The van der Waals surface area contributed by atoms with Gasteiger partial charge in [0, 0.05) is 13.2 Å². The third kappa shape index (κ3) is 6.38. The number of nitrogens with one attached hydrogen (secondary N) is 1. The van der Waals surface area contributed by atoms with Gasteiger partial charge in [-0.1, -0.05) is 35.3 Å². The minimum atomic E-state index is -0.433. The van der Waals surface area contributed by atoms with Crippen LogP contribution in [0.15, 0.2) is 42.0 Å². The second-order valence-electron chi connectivity index (χ2n) is 6.96. The molecule has 162 valence electrons. The van der Waals surface area contributed by atoms with Crippen LogP contribution in [0.5, 0.6) is 11.5 Å². The van der Waals surface area contributed by atoms with Crippen LogP contribution in [-0.2, 0) is 16.1 Å². The molecule has 0 aromatic heterocycles. The van der Waals surface area contributed by atoms with Crippen molar-refractivity contribution >= 4 is 35.2 Å². The zero-order valence-electron chi connectivity index (χ0n) is 17.0. The first-order valence-corrected chi connectivity index (χ1v) is 10.5. The van der Waals surface area contributed by atoms with Crippen molar-refractivity contribution in [2.24, 2.45) is 0 Å². The quantitative estimate of drug-likeness (QED) is 0.452. The number of methoxy groups -OCH3 is 1. The molecule has 0 aliphatic carbocycles. The van der Waals surface area contributed by atoms with Gasteiger partial charge in [-0.3, -0.25) is 4.79 Å². The first kappa shape index (κ1) is 23.0. The summed E-state index contributed by atoms with van der Waals surface area (Å²) in [7, 11) is 1.52. The molecule has 0 unspecified atom stereocenters. The molecule has 2 aromatic rings. The lowest BCUT2D eigenvalue weighted by Gasteiger charge is -2.12. The highest BCUT2D eigenvalue weighted by molar-refractivity contribution is 6.42. The molecular weight excluding hydrogens is 439 g/mol. The molecule has 0 radical (unpaired) electrons. The summed E-state index contributed by atoms with van der Waals surface area (Å²) < 4.78 is 16.7. The van der Waals surface area contributed by atoms with Gasteiger partial charge in [0.15, 0.2) is 11.5 Å². The SMILES string of the molecule is COc1cc(/C=C(\C#N)C(=O)NC[C@@H]2CCCO2)ccc1OCc1ccc(Cl)c(Cl)c1. The van der Waals surface area contributed by atoms with E-state index < -0.39 is 5.91 Å². The highest BCUT2D eigenvalue weighted by atomic mass is 35.5. The van der Waals surface area contributed by atoms with Crippen LogP contribution in [0.25, 0.3) is 6.08 Å². The predicted molar refractivity (Wildman–Crippen MR) is 119 cm³/mol. The van der Waals surface area contributed by atoms with E-state index in [-0.39, 0.29) is 18.3 Å². The first-order valence-electron chi connectivity index (χ1n) is 9.76. The monoisotopic (exact) mass is 460 g/mol. The molecule has 1 saturated heterocycles. The average Bonchev–Trinajstić information content (AvgIpc) is 3.30. The fourth-order valence-electron chi connectivity index (χ4n) is 3.11. The number of benzene rings is 2. The van der Waals surface area contributed by atoms with Crippen LogP contribution in [0.3, 0.4) is 0 Å². The predicted octanol–water partition coefficient (Wildman–Crippen LogP) is 4.78. The van der Waals surface area contributed by atoms with Crippen molar-refractivity contribution in [3.05, 3.63) is 63.1 Å². The Bertz CT molecular complexity index is 1010. The Kier molecular flexibility index (Phi) is 8.19. The summed E-state index contributed by atoms with van der Waals surface area (Å²) in [6.07, 6.45) is 3.42. The summed E-state index contributed by atoms with van der Waals surface area (Å²) in [5.74, 6) is 0.565. The molecule has 0 saturated carbocycles. The zero-order chi connectivity index (χ0) is 22.2. The molecular formula is C23H22Cl2N2O4. The number of hydrogen-bond acceptors (Lipinski definition) is 5. The average molecular weight is 461 g/mol. The number of hydrogen-bond donors (Lipinski definition) is 1. The van der Waals surface area contributed by atoms with Gasteiger partial charge in [-0.2, -0.15) is 5.26 Å². The number of carbonyl (C=O) groups excluding carboxylic acids is 1. The van der Waals surface area contributed by atoms with Crippen molar-refractivity contribution in [2.75, 3.05) is 20.3 Å². The molecule has 1 heterocycles. The summed E-state index contributed by atoms with van der Waals surface area (Å²) in [5, 5.41) is 13.1. The third-order valence-electron chi connectivity index (χ3n) is 4.76. The van der Waals surface area contributed by atoms with Gasteiger partial charge in [0.05, 0.1) is 23.3 Å². The minimum absolute atomic E-state index is 0.00419. The third-order valence-corrected chi connectivity index (χ3v) is 5.50. The van der Waals surface area contributed by atoms with E-state index >= 15 is 0 Å². The Morgan fingerprint density at radius 2 is 2.10 bits per heavy atom. The highest BCUT2D eigenvalue weighted by Gasteiger charge is 2.18. The largest absolute Gasteiger partial charge is 0.493 e. The second-order valence-corrected chi connectivity index (χ2v) is 7.78. The Morgan fingerprint density at radius 1 is 1.26 bits per heavy atom. The smallest absolute Gasteiger partial charge is 0.262 e. The molecule has 0 bridgehead atoms. The topological polar surface area (TPSA) is 80.6 Å². The summed E-state index contributed by atoms with van der Waals surface area (Å²) >= 11 is 12.0. The van der Waals surface area contributed by atoms with Crippen molar-refractivity contribution in [3.63, 3.8) is 0 Å².